The molecule has 25 heavy (non-hydrogen) atoms. The largest absolute Gasteiger partial charge is 0.435 e. The minimum Gasteiger partial charge on any atom is -0.374 e. The maximum Gasteiger partial charge on any atom is 0.435 e. The van der Waals surface area contributed by atoms with Crippen molar-refractivity contribution in [1.82, 2.24) is 15.1 Å². The number of hydrogen-bond donors (Lipinski definition) is 1. The van der Waals surface area contributed by atoms with E-state index in [1.165, 1.54) is 7.05 Å². The van der Waals surface area contributed by atoms with E-state index < -0.39 is 23.3 Å². The van der Waals surface area contributed by atoms with Gasteiger partial charge in [0.15, 0.2) is 5.69 Å². The Morgan fingerprint density at radius 1 is 1.32 bits per heavy atom. The van der Waals surface area contributed by atoms with E-state index in [4.69, 9.17) is 4.74 Å². The van der Waals surface area contributed by atoms with Crippen molar-refractivity contribution in [2.45, 2.75) is 25.6 Å². The van der Waals surface area contributed by atoms with Crippen molar-refractivity contribution in [3.63, 3.8) is 0 Å². The molecule has 136 valence electrons. The first-order chi connectivity index (χ1) is 11.8. The van der Waals surface area contributed by atoms with Gasteiger partial charge in [-0.05, 0) is 18.9 Å². The minimum atomic E-state index is -4.66. The van der Waals surface area contributed by atoms with E-state index in [9.17, 15) is 18.0 Å². The number of benzene rings is 1. The maximum absolute atomic E-state index is 12.8. The molecule has 2 aromatic rings. The standard InChI is InChI=1S/C17H20F3N3O2/c1-12(13-7-4-3-5-8-13)25-10-6-9-21-16(24)14-11-23(2)22-15(14)17(18,19)20/h3-5,7-8,11-12H,6,9-10H2,1-2H3,(H,21,24). The van der Waals surface area contributed by atoms with Gasteiger partial charge in [-0.3, -0.25) is 9.48 Å². The van der Waals surface area contributed by atoms with E-state index in [1.807, 2.05) is 37.3 Å². The molecule has 0 aliphatic rings. The van der Waals surface area contributed by atoms with Crippen LogP contribution in [0, 0.1) is 0 Å². The highest BCUT2D eigenvalue weighted by Crippen LogP contribution is 2.30. The molecule has 0 bridgehead atoms. The fraction of sp³-hybridized carbons (Fsp3) is 0.412. The van der Waals surface area contributed by atoms with Crippen molar-refractivity contribution >= 4 is 5.91 Å². The van der Waals surface area contributed by atoms with E-state index >= 15 is 0 Å². The number of aryl methyl sites for hydroxylation is 1. The Kier molecular flexibility index (Phi) is 6.19. The van der Waals surface area contributed by atoms with Crippen molar-refractivity contribution in [3.8, 4) is 0 Å². The molecule has 1 unspecified atom stereocenters. The van der Waals surface area contributed by atoms with Crippen molar-refractivity contribution in [2.24, 2.45) is 7.05 Å². The van der Waals surface area contributed by atoms with Crippen molar-refractivity contribution in [1.29, 1.82) is 0 Å². The lowest BCUT2D eigenvalue weighted by molar-refractivity contribution is -0.141. The first-order valence-corrected chi connectivity index (χ1v) is 7.84. The summed E-state index contributed by atoms with van der Waals surface area (Å²) in [6, 6.07) is 9.66. The molecule has 5 nitrogen and oxygen atoms in total. The average molecular weight is 355 g/mol. The number of alkyl halides is 3. The lowest BCUT2D eigenvalue weighted by Gasteiger charge is -2.13. The van der Waals surface area contributed by atoms with Crippen LogP contribution < -0.4 is 5.32 Å². The molecule has 1 amide bonds. The Hall–Kier alpha value is -2.35. The second kappa shape index (κ2) is 8.15. The molecule has 0 saturated heterocycles. The Balaban J connectivity index is 1.78. The van der Waals surface area contributed by atoms with Gasteiger partial charge in [0.1, 0.15) is 0 Å². The maximum atomic E-state index is 12.8. The third-order valence-corrected chi connectivity index (χ3v) is 3.59. The second-order valence-electron chi connectivity index (χ2n) is 5.60. The summed E-state index contributed by atoms with van der Waals surface area (Å²) in [4.78, 5) is 11.9. The van der Waals surface area contributed by atoms with Gasteiger partial charge in [0.2, 0.25) is 0 Å². The number of halogens is 3. The Morgan fingerprint density at radius 2 is 2.00 bits per heavy atom. The van der Waals surface area contributed by atoms with Gasteiger partial charge >= 0.3 is 6.18 Å². The fourth-order valence-electron chi connectivity index (χ4n) is 2.31. The second-order valence-corrected chi connectivity index (χ2v) is 5.60. The molecule has 1 atom stereocenters. The summed E-state index contributed by atoms with van der Waals surface area (Å²) in [6.45, 7) is 2.52. The van der Waals surface area contributed by atoms with Gasteiger partial charge in [-0.2, -0.15) is 18.3 Å². The molecule has 0 aliphatic heterocycles. The lowest BCUT2D eigenvalue weighted by atomic mass is 10.1. The van der Waals surface area contributed by atoms with Gasteiger partial charge in [0.05, 0.1) is 11.7 Å². The molecule has 0 radical (unpaired) electrons. The van der Waals surface area contributed by atoms with E-state index in [1.54, 1.807) is 0 Å². The van der Waals surface area contributed by atoms with Gasteiger partial charge < -0.3 is 10.1 Å². The molecule has 2 rings (SSSR count). The molecule has 8 heteroatoms. The number of ether oxygens (including phenoxy) is 1. The third kappa shape index (κ3) is 5.32. The zero-order valence-corrected chi connectivity index (χ0v) is 14.0. The summed E-state index contributed by atoms with van der Waals surface area (Å²) in [5.74, 6) is -0.795. The first-order valence-electron chi connectivity index (χ1n) is 7.84. The number of rotatable bonds is 7. The summed E-state index contributed by atoms with van der Waals surface area (Å²) in [5, 5.41) is 5.78. The molecule has 0 spiro atoms. The molecule has 1 N–H and O–H groups in total. The van der Waals surface area contributed by atoms with E-state index in [2.05, 4.69) is 10.4 Å². The van der Waals surface area contributed by atoms with Gasteiger partial charge in [-0.15, -0.1) is 0 Å². The Labute approximate surface area is 143 Å². The summed E-state index contributed by atoms with van der Waals surface area (Å²) in [5.41, 5.74) is -0.619. The minimum absolute atomic E-state index is 0.0907. The summed E-state index contributed by atoms with van der Waals surface area (Å²) < 4.78 is 45.1. The molecule has 1 aromatic carbocycles. The van der Waals surface area contributed by atoms with Crippen molar-refractivity contribution in [3.05, 3.63) is 53.3 Å². The SMILES string of the molecule is CC(OCCCNC(=O)c1cn(C)nc1C(F)(F)F)c1ccccc1. The number of amides is 1. The quantitative estimate of drug-likeness (QED) is 0.775. The van der Waals surface area contributed by atoms with Crippen molar-refractivity contribution < 1.29 is 22.7 Å². The van der Waals surface area contributed by atoms with E-state index in [0.29, 0.717) is 13.0 Å². The molecule has 0 saturated carbocycles. The monoisotopic (exact) mass is 355 g/mol. The normalized spacial score (nSPS) is 12.8. The highest BCUT2D eigenvalue weighted by Gasteiger charge is 2.38. The predicted octanol–water partition coefficient (Wildman–Crippen LogP) is 3.34. The number of carbonyl (C=O) groups excluding carboxylic acids is 1. The summed E-state index contributed by atoms with van der Waals surface area (Å²) in [7, 11) is 1.34. The number of carbonyl (C=O) groups is 1. The number of nitrogens with one attached hydrogen (secondary N) is 1. The number of aromatic nitrogens is 2. The highest BCUT2D eigenvalue weighted by atomic mass is 19.4. The van der Waals surface area contributed by atoms with Crippen LogP contribution in [-0.2, 0) is 18.0 Å². The van der Waals surface area contributed by atoms with Crippen LogP contribution in [0.1, 0.15) is 41.1 Å². The molecular weight excluding hydrogens is 335 g/mol. The van der Waals surface area contributed by atoms with E-state index in [-0.39, 0.29) is 12.6 Å². The first kappa shape index (κ1) is 19.0. The van der Waals surface area contributed by atoms with Gasteiger partial charge in [-0.1, -0.05) is 30.3 Å². The van der Waals surface area contributed by atoms with Crippen LogP contribution in [0.25, 0.3) is 0 Å². The van der Waals surface area contributed by atoms with Gasteiger partial charge in [0, 0.05) is 26.4 Å². The molecule has 1 heterocycles. The highest BCUT2D eigenvalue weighted by molar-refractivity contribution is 5.95. The zero-order valence-electron chi connectivity index (χ0n) is 14.0. The fourth-order valence-corrected chi connectivity index (χ4v) is 2.31. The number of hydrogen-bond acceptors (Lipinski definition) is 3. The van der Waals surface area contributed by atoms with Crippen LogP contribution in [0.15, 0.2) is 36.5 Å². The molecule has 0 fully saturated rings. The van der Waals surface area contributed by atoms with Crippen LogP contribution in [0.2, 0.25) is 0 Å². The van der Waals surface area contributed by atoms with Gasteiger partial charge in [0.25, 0.3) is 5.91 Å². The van der Waals surface area contributed by atoms with Crippen LogP contribution in [0.5, 0.6) is 0 Å². The van der Waals surface area contributed by atoms with E-state index in [0.717, 1.165) is 16.4 Å². The van der Waals surface area contributed by atoms with Crippen LogP contribution in [0.4, 0.5) is 13.2 Å². The summed E-state index contributed by atoms with van der Waals surface area (Å²) >= 11 is 0. The topological polar surface area (TPSA) is 56.1 Å². The van der Waals surface area contributed by atoms with Crippen molar-refractivity contribution in [2.75, 3.05) is 13.2 Å². The average Bonchev–Trinajstić information content (AvgIpc) is 2.97. The number of nitrogens with zero attached hydrogens (tertiary/aromatic N) is 2. The smallest absolute Gasteiger partial charge is 0.374 e. The zero-order chi connectivity index (χ0) is 18.4. The lowest BCUT2D eigenvalue weighted by Crippen LogP contribution is -2.27. The Morgan fingerprint density at radius 3 is 2.64 bits per heavy atom. The summed E-state index contributed by atoms with van der Waals surface area (Å²) in [6.07, 6.45) is -3.20. The van der Waals surface area contributed by atoms with Crippen LogP contribution in [0.3, 0.4) is 0 Å². The Bertz CT molecular complexity index is 699. The molecule has 1 aromatic heterocycles. The van der Waals surface area contributed by atoms with Gasteiger partial charge in [-0.25, -0.2) is 0 Å². The molecular formula is C17H20F3N3O2. The van der Waals surface area contributed by atoms with Crippen LogP contribution >= 0.6 is 0 Å². The predicted molar refractivity (Wildman–Crippen MR) is 86.0 cm³/mol. The van der Waals surface area contributed by atoms with Crippen LogP contribution in [-0.4, -0.2) is 28.8 Å². The molecule has 0 aliphatic carbocycles. The third-order valence-electron chi connectivity index (χ3n) is 3.59.